The number of carboxylic acids is 1. The van der Waals surface area contributed by atoms with Crippen LogP contribution in [0.2, 0.25) is 0 Å². The van der Waals surface area contributed by atoms with E-state index >= 15 is 0 Å². The van der Waals surface area contributed by atoms with Crippen LogP contribution in [-0.4, -0.2) is 29.6 Å². The molecule has 0 spiro atoms. The van der Waals surface area contributed by atoms with Gasteiger partial charge in [0.1, 0.15) is 5.75 Å². The van der Waals surface area contributed by atoms with Gasteiger partial charge in [0.25, 0.3) is 5.91 Å². The molecule has 0 aliphatic heterocycles. The molecule has 6 heteroatoms. The molecule has 0 bridgehead atoms. The second-order valence-electron chi connectivity index (χ2n) is 5.30. The fourth-order valence-electron chi connectivity index (χ4n) is 1.39. The number of aliphatic carboxylic acids is 1. The number of carbonyl (C=O) groups is 2. The second-order valence-corrected chi connectivity index (χ2v) is 5.30. The molecule has 2 N–H and O–H groups in total. The van der Waals surface area contributed by atoms with Gasteiger partial charge >= 0.3 is 5.97 Å². The van der Waals surface area contributed by atoms with Crippen molar-refractivity contribution in [3.8, 4) is 11.8 Å². The van der Waals surface area contributed by atoms with Crippen LogP contribution in [0.5, 0.6) is 5.75 Å². The number of carboxylic acid groups (broad SMARTS) is 1. The Balaban J connectivity index is 2.55. The molecule has 0 aliphatic rings. The van der Waals surface area contributed by atoms with Gasteiger partial charge in [-0.15, -0.1) is 0 Å². The lowest BCUT2D eigenvalue weighted by molar-refractivity contribution is -0.147. The smallest absolute Gasteiger partial charge is 0.310 e. The van der Waals surface area contributed by atoms with E-state index in [0.29, 0.717) is 11.3 Å². The lowest BCUT2D eigenvalue weighted by atomic mass is 9.94. The van der Waals surface area contributed by atoms with Crippen molar-refractivity contribution in [2.75, 3.05) is 6.54 Å². The summed E-state index contributed by atoms with van der Waals surface area (Å²) < 4.78 is 5.43. The Morgan fingerprint density at radius 3 is 2.43 bits per heavy atom. The highest BCUT2D eigenvalue weighted by atomic mass is 16.5. The Bertz CT molecular complexity index is 558. The van der Waals surface area contributed by atoms with Crippen LogP contribution in [-0.2, 0) is 9.59 Å². The normalized spacial score (nSPS) is 12.1. The summed E-state index contributed by atoms with van der Waals surface area (Å²) in [5.74, 6) is -0.911. The maximum atomic E-state index is 11.9. The van der Waals surface area contributed by atoms with Crippen molar-refractivity contribution in [3.05, 3.63) is 29.8 Å². The van der Waals surface area contributed by atoms with Crippen molar-refractivity contribution in [1.29, 1.82) is 5.26 Å². The van der Waals surface area contributed by atoms with Gasteiger partial charge in [0.2, 0.25) is 0 Å². The summed E-state index contributed by atoms with van der Waals surface area (Å²) in [4.78, 5) is 22.8. The first-order valence-electron chi connectivity index (χ1n) is 6.44. The van der Waals surface area contributed by atoms with Gasteiger partial charge in [-0.25, -0.2) is 0 Å². The van der Waals surface area contributed by atoms with Gasteiger partial charge in [-0.05, 0) is 45.0 Å². The first-order valence-corrected chi connectivity index (χ1v) is 6.44. The molecular formula is C15H18N2O4. The summed E-state index contributed by atoms with van der Waals surface area (Å²) in [5, 5.41) is 20.2. The molecule has 0 saturated heterocycles. The minimum atomic E-state index is -1.04. The van der Waals surface area contributed by atoms with Crippen LogP contribution in [0.15, 0.2) is 24.3 Å². The van der Waals surface area contributed by atoms with Gasteiger partial charge in [0, 0.05) is 6.54 Å². The summed E-state index contributed by atoms with van der Waals surface area (Å²) in [5.41, 5.74) is -0.535. The number of benzene rings is 1. The zero-order valence-corrected chi connectivity index (χ0v) is 12.2. The SMILES string of the molecule is CC(Oc1ccc(C#N)cc1)C(=O)NCC(C)(C)C(=O)O. The summed E-state index contributed by atoms with van der Waals surface area (Å²) in [6.45, 7) is 4.65. The van der Waals surface area contributed by atoms with E-state index in [1.165, 1.54) is 13.8 Å². The number of carbonyl (C=O) groups excluding carboxylic acids is 1. The number of hydrogen-bond donors (Lipinski definition) is 2. The number of amides is 1. The van der Waals surface area contributed by atoms with Crippen LogP contribution >= 0.6 is 0 Å². The molecule has 21 heavy (non-hydrogen) atoms. The third kappa shape index (κ3) is 4.80. The van der Waals surface area contributed by atoms with Crippen molar-refractivity contribution in [3.63, 3.8) is 0 Å². The fraction of sp³-hybridized carbons (Fsp3) is 0.400. The highest BCUT2D eigenvalue weighted by Gasteiger charge is 2.28. The molecule has 1 rings (SSSR count). The molecular weight excluding hydrogens is 272 g/mol. The number of ether oxygens (including phenoxy) is 1. The molecule has 1 unspecified atom stereocenters. The van der Waals surface area contributed by atoms with E-state index in [2.05, 4.69) is 5.32 Å². The van der Waals surface area contributed by atoms with Gasteiger partial charge < -0.3 is 15.2 Å². The van der Waals surface area contributed by atoms with Crippen LogP contribution < -0.4 is 10.1 Å². The summed E-state index contributed by atoms with van der Waals surface area (Å²) >= 11 is 0. The van der Waals surface area contributed by atoms with Crippen LogP contribution in [0.3, 0.4) is 0 Å². The molecule has 1 amide bonds. The average Bonchev–Trinajstić information content (AvgIpc) is 2.45. The average molecular weight is 290 g/mol. The van der Waals surface area contributed by atoms with E-state index in [1.807, 2.05) is 6.07 Å². The molecule has 6 nitrogen and oxygen atoms in total. The quantitative estimate of drug-likeness (QED) is 0.828. The van der Waals surface area contributed by atoms with Gasteiger partial charge in [-0.3, -0.25) is 9.59 Å². The van der Waals surface area contributed by atoms with Crippen molar-refractivity contribution < 1.29 is 19.4 Å². The van der Waals surface area contributed by atoms with Gasteiger partial charge in [-0.2, -0.15) is 5.26 Å². The van der Waals surface area contributed by atoms with Crippen LogP contribution in [0, 0.1) is 16.7 Å². The first-order chi connectivity index (χ1) is 9.76. The van der Waals surface area contributed by atoms with Gasteiger partial charge in [-0.1, -0.05) is 0 Å². The lowest BCUT2D eigenvalue weighted by Crippen LogP contribution is -2.43. The molecule has 0 fully saturated rings. The van der Waals surface area contributed by atoms with Crippen LogP contribution in [0.25, 0.3) is 0 Å². The molecule has 112 valence electrons. The molecule has 0 radical (unpaired) electrons. The summed E-state index contributed by atoms with van der Waals surface area (Å²) in [7, 11) is 0. The van der Waals surface area contributed by atoms with E-state index in [-0.39, 0.29) is 6.54 Å². The minimum absolute atomic E-state index is 0.0161. The number of nitrogens with one attached hydrogen (secondary N) is 1. The van der Waals surface area contributed by atoms with Crippen molar-refractivity contribution in [1.82, 2.24) is 5.32 Å². The molecule has 0 aliphatic carbocycles. The van der Waals surface area contributed by atoms with Crippen LogP contribution in [0.1, 0.15) is 26.3 Å². The summed E-state index contributed by atoms with van der Waals surface area (Å²) in [6, 6.07) is 8.37. The van der Waals surface area contributed by atoms with Crippen molar-refractivity contribution in [2.45, 2.75) is 26.9 Å². The van der Waals surface area contributed by atoms with E-state index in [9.17, 15) is 9.59 Å². The molecule has 0 heterocycles. The predicted octanol–water partition coefficient (Wildman–Crippen LogP) is 1.55. The third-order valence-electron chi connectivity index (χ3n) is 2.95. The van der Waals surface area contributed by atoms with E-state index in [0.717, 1.165) is 0 Å². The predicted molar refractivity (Wildman–Crippen MR) is 75.7 cm³/mol. The largest absolute Gasteiger partial charge is 0.481 e. The lowest BCUT2D eigenvalue weighted by Gasteiger charge is -2.21. The molecule has 0 aromatic heterocycles. The van der Waals surface area contributed by atoms with Crippen molar-refractivity contribution in [2.24, 2.45) is 5.41 Å². The third-order valence-corrected chi connectivity index (χ3v) is 2.95. The highest BCUT2D eigenvalue weighted by molar-refractivity contribution is 5.82. The monoisotopic (exact) mass is 290 g/mol. The molecule has 1 aromatic rings. The van der Waals surface area contributed by atoms with E-state index < -0.39 is 23.4 Å². The highest BCUT2D eigenvalue weighted by Crippen LogP contribution is 2.15. The van der Waals surface area contributed by atoms with Gasteiger partial charge in [0.05, 0.1) is 17.0 Å². The Kier molecular flexibility index (Phi) is 5.30. The number of rotatable bonds is 6. The first kappa shape index (κ1) is 16.5. The standard InChI is InChI=1S/C15H18N2O4/c1-10(13(18)17-9-15(2,3)14(19)20)21-12-6-4-11(8-16)5-7-12/h4-7,10H,9H2,1-3H3,(H,17,18)(H,19,20). The Labute approximate surface area is 123 Å². The maximum absolute atomic E-state index is 11.9. The van der Waals surface area contributed by atoms with Gasteiger partial charge in [0.15, 0.2) is 6.10 Å². The number of hydrogen-bond acceptors (Lipinski definition) is 4. The maximum Gasteiger partial charge on any atom is 0.310 e. The van der Waals surface area contributed by atoms with Crippen molar-refractivity contribution >= 4 is 11.9 Å². The topological polar surface area (TPSA) is 99.4 Å². The van der Waals surface area contributed by atoms with Crippen LogP contribution in [0.4, 0.5) is 0 Å². The fourth-order valence-corrected chi connectivity index (χ4v) is 1.39. The molecule has 1 aromatic carbocycles. The Hall–Kier alpha value is -2.55. The van der Waals surface area contributed by atoms with E-state index in [4.69, 9.17) is 15.1 Å². The number of nitriles is 1. The Morgan fingerprint density at radius 1 is 1.38 bits per heavy atom. The second kappa shape index (κ2) is 6.75. The molecule has 0 saturated carbocycles. The molecule has 1 atom stereocenters. The van der Waals surface area contributed by atoms with E-state index in [1.54, 1.807) is 31.2 Å². The zero-order chi connectivity index (χ0) is 16.0. The number of nitrogens with zero attached hydrogens (tertiary/aromatic N) is 1. The summed E-state index contributed by atoms with van der Waals surface area (Å²) in [6.07, 6.45) is -0.762. The zero-order valence-electron chi connectivity index (χ0n) is 12.2. The minimum Gasteiger partial charge on any atom is -0.481 e. The Morgan fingerprint density at radius 2 is 1.95 bits per heavy atom.